The van der Waals surface area contributed by atoms with Crippen LogP contribution in [0.1, 0.15) is 47.5 Å². The van der Waals surface area contributed by atoms with Crippen molar-refractivity contribution in [1.29, 1.82) is 0 Å². The van der Waals surface area contributed by atoms with Gasteiger partial charge in [-0.15, -0.1) is 0 Å². The van der Waals surface area contributed by atoms with Gasteiger partial charge in [-0.1, -0.05) is 50.5 Å². The minimum absolute atomic E-state index is 0.160. The molecule has 184 valence electrons. The fourth-order valence-corrected chi connectivity index (χ4v) is 6.13. The Morgan fingerprint density at radius 1 is 1.19 bits per heavy atom. The summed E-state index contributed by atoms with van der Waals surface area (Å²) in [6.45, 7) is 10.4. The summed E-state index contributed by atoms with van der Waals surface area (Å²) < 4.78 is 72.1. The zero-order valence-corrected chi connectivity index (χ0v) is 21.8. The Balaban J connectivity index is 2.29. The Morgan fingerprint density at radius 2 is 1.78 bits per heavy atom. The van der Waals surface area contributed by atoms with Crippen LogP contribution in [0, 0.1) is 11.3 Å². The van der Waals surface area contributed by atoms with Gasteiger partial charge in [0.05, 0.1) is 11.8 Å². The molecule has 0 saturated carbocycles. The van der Waals surface area contributed by atoms with E-state index in [1.807, 2.05) is 39.5 Å². The Labute approximate surface area is 198 Å². The van der Waals surface area contributed by atoms with Gasteiger partial charge in [-0.3, -0.25) is 0 Å². The standard InChI is InChI=1S/C22H34BrF3N2O3S/c1-16(2)13-28(14-21(3,4)5)32(29,30)20-7-6-17(23)12-19(20)27-10-8-18(9-11-27)31-15-22(24,25)26/h6-7,12,16,18H,8-11,13-15H2,1-5H3. The molecule has 2 rings (SSSR count). The zero-order chi connectivity index (χ0) is 24.3. The van der Waals surface area contributed by atoms with E-state index in [1.165, 1.54) is 0 Å². The van der Waals surface area contributed by atoms with Gasteiger partial charge >= 0.3 is 6.18 Å². The van der Waals surface area contributed by atoms with Crippen LogP contribution in [0.2, 0.25) is 0 Å². The summed E-state index contributed by atoms with van der Waals surface area (Å²) in [6.07, 6.45) is -4.03. The molecule has 1 saturated heterocycles. The minimum Gasteiger partial charge on any atom is -0.370 e. The third kappa shape index (κ3) is 8.18. The Bertz CT molecular complexity index is 862. The van der Waals surface area contributed by atoms with Gasteiger partial charge in [0.15, 0.2) is 0 Å². The maximum Gasteiger partial charge on any atom is 0.411 e. The van der Waals surface area contributed by atoms with E-state index in [9.17, 15) is 21.6 Å². The number of piperidine rings is 1. The van der Waals surface area contributed by atoms with Crippen LogP contribution in [0.25, 0.3) is 0 Å². The smallest absolute Gasteiger partial charge is 0.370 e. The lowest BCUT2D eigenvalue weighted by atomic mass is 9.97. The second kappa shape index (κ2) is 10.6. The highest BCUT2D eigenvalue weighted by Crippen LogP contribution is 2.34. The summed E-state index contributed by atoms with van der Waals surface area (Å²) in [5.41, 5.74) is 0.349. The van der Waals surface area contributed by atoms with E-state index in [0.29, 0.717) is 44.7 Å². The summed E-state index contributed by atoms with van der Waals surface area (Å²) in [4.78, 5) is 2.15. The van der Waals surface area contributed by atoms with Gasteiger partial charge in [-0.05, 0) is 42.4 Å². The number of hydrogen-bond acceptors (Lipinski definition) is 4. The van der Waals surface area contributed by atoms with E-state index < -0.39 is 28.9 Å². The van der Waals surface area contributed by atoms with Crippen LogP contribution >= 0.6 is 15.9 Å². The van der Waals surface area contributed by atoms with Gasteiger partial charge < -0.3 is 9.64 Å². The highest BCUT2D eigenvalue weighted by atomic mass is 79.9. The highest BCUT2D eigenvalue weighted by Gasteiger charge is 2.34. The van der Waals surface area contributed by atoms with Crippen molar-refractivity contribution in [2.45, 2.75) is 64.6 Å². The first-order chi connectivity index (χ1) is 14.6. The van der Waals surface area contributed by atoms with Crippen molar-refractivity contribution < 1.29 is 26.3 Å². The number of anilines is 1. The number of rotatable bonds is 8. The monoisotopic (exact) mass is 542 g/mol. The number of hydrogen-bond donors (Lipinski definition) is 0. The van der Waals surface area contributed by atoms with Gasteiger partial charge in [0, 0.05) is 30.7 Å². The highest BCUT2D eigenvalue weighted by molar-refractivity contribution is 9.10. The van der Waals surface area contributed by atoms with Gasteiger partial charge in [0.1, 0.15) is 11.5 Å². The molecule has 1 aliphatic heterocycles. The molecule has 0 radical (unpaired) electrons. The molecule has 10 heteroatoms. The summed E-state index contributed by atoms with van der Waals surface area (Å²) in [6, 6.07) is 5.09. The van der Waals surface area contributed by atoms with Crippen molar-refractivity contribution in [3.05, 3.63) is 22.7 Å². The normalized spacial score (nSPS) is 16.9. The molecule has 1 aromatic rings. The number of nitrogens with zero attached hydrogens (tertiary/aromatic N) is 2. The maximum atomic E-state index is 13.7. The lowest BCUT2D eigenvalue weighted by Crippen LogP contribution is -2.42. The van der Waals surface area contributed by atoms with E-state index in [2.05, 4.69) is 15.9 Å². The van der Waals surface area contributed by atoms with E-state index in [0.717, 1.165) is 4.47 Å². The largest absolute Gasteiger partial charge is 0.411 e. The molecule has 32 heavy (non-hydrogen) atoms. The minimum atomic E-state index is -4.35. The van der Waals surface area contributed by atoms with Crippen LogP contribution in [0.5, 0.6) is 0 Å². The average Bonchev–Trinajstić information content (AvgIpc) is 2.64. The van der Waals surface area contributed by atoms with Crippen LogP contribution < -0.4 is 4.90 Å². The van der Waals surface area contributed by atoms with Gasteiger partial charge in [0.2, 0.25) is 10.0 Å². The first-order valence-corrected chi connectivity index (χ1v) is 13.0. The second-order valence-electron chi connectivity index (χ2n) is 9.98. The fourth-order valence-electron chi connectivity index (χ4n) is 3.75. The number of halogens is 4. The van der Waals surface area contributed by atoms with Crippen LogP contribution in [0.4, 0.5) is 18.9 Å². The van der Waals surface area contributed by atoms with Gasteiger partial charge in [-0.25, -0.2) is 8.42 Å². The van der Waals surface area contributed by atoms with E-state index in [4.69, 9.17) is 4.74 Å². The van der Waals surface area contributed by atoms with Crippen molar-refractivity contribution in [3.63, 3.8) is 0 Å². The molecule has 0 unspecified atom stereocenters. The second-order valence-corrected chi connectivity index (χ2v) is 12.8. The van der Waals surface area contributed by atoms with E-state index >= 15 is 0 Å². The molecule has 0 amide bonds. The molecule has 1 aliphatic rings. The maximum absolute atomic E-state index is 13.7. The predicted molar refractivity (Wildman–Crippen MR) is 124 cm³/mol. The fraction of sp³-hybridized carbons (Fsp3) is 0.727. The molecular weight excluding hydrogens is 509 g/mol. The first kappa shape index (κ1) is 27.4. The Hall–Kier alpha value is -0.840. The lowest BCUT2D eigenvalue weighted by molar-refractivity contribution is -0.186. The number of benzene rings is 1. The zero-order valence-electron chi connectivity index (χ0n) is 19.4. The quantitative estimate of drug-likeness (QED) is 0.423. The first-order valence-electron chi connectivity index (χ1n) is 10.8. The van der Waals surface area contributed by atoms with Crippen molar-refractivity contribution >= 4 is 31.6 Å². The third-order valence-electron chi connectivity index (χ3n) is 5.02. The van der Waals surface area contributed by atoms with Crippen molar-refractivity contribution in [2.75, 3.05) is 37.7 Å². The molecule has 1 aromatic carbocycles. The predicted octanol–water partition coefficient (Wildman–Crippen LogP) is 5.69. The van der Waals surface area contributed by atoms with Gasteiger partial charge in [-0.2, -0.15) is 17.5 Å². The van der Waals surface area contributed by atoms with Crippen LogP contribution in [-0.4, -0.2) is 57.8 Å². The molecule has 5 nitrogen and oxygen atoms in total. The Morgan fingerprint density at radius 3 is 2.28 bits per heavy atom. The molecule has 0 aromatic heterocycles. The van der Waals surface area contributed by atoms with Crippen LogP contribution in [-0.2, 0) is 14.8 Å². The number of alkyl halides is 3. The lowest BCUT2D eigenvalue weighted by Gasteiger charge is -2.36. The molecular formula is C22H34BrF3N2O3S. The molecule has 0 spiro atoms. The SMILES string of the molecule is CC(C)CN(CC(C)(C)C)S(=O)(=O)c1ccc(Br)cc1N1CCC(OCC(F)(F)F)CC1. The molecule has 1 fully saturated rings. The molecule has 0 N–H and O–H groups in total. The third-order valence-corrected chi connectivity index (χ3v) is 7.38. The summed E-state index contributed by atoms with van der Waals surface area (Å²) in [5, 5.41) is 0. The molecule has 0 aliphatic carbocycles. The molecule has 1 heterocycles. The average molecular weight is 543 g/mol. The Kier molecular flexibility index (Phi) is 9.09. The summed E-state index contributed by atoms with van der Waals surface area (Å²) in [5.74, 6) is 0.160. The summed E-state index contributed by atoms with van der Waals surface area (Å²) in [7, 11) is -3.78. The van der Waals surface area contributed by atoms with Crippen molar-refractivity contribution in [3.8, 4) is 0 Å². The molecule has 0 bridgehead atoms. The summed E-state index contributed by atoms with van der Waals surface area (Å²) >= 11 is 3.43. The number of sulfonamides is 1. The van der Waals surface area contributed by atoms with Gasteiger partial charge in [0.25, 0.3) is 0 Å². The molecule has 0 atom stereocenters. The van der Waals surface area contributed by atoms with Crippen molar-refractivity contribution in [2.24, 2.45) is 11.3 Å². The van der Waals surface area contributed by atoms with Crippen LogP contribution in [0.15, 0.2) is 27.6 Å². The topological polar surface area (TPSA) is 49.9 Å². The van der Waals surface area contributed by atoms with E-state index in [-0.39, 0.29) is 16.2 Å². The van der Waals surface area contributed by atoms with Crippen LogP contribution in [0.3, 0.4) is 0 Å². The number of ether oxygens (including phenoxy) is 1. The van der Waals surface area contributed by atoms with Crippen molar-refractivity contribution in [1.82, 2.24) is 4.31 Å². The van der Waals surface area contributed by atoms with E-state index in [1.54, 1.807) is 22.5 Å².